The summed E-state index contributed by atoms with van der Waals surface area (Å²) >= 11 is 0. The lowest BCUT2D eigenvalue weighted by atomic mass is 9.83. The number of aryl methyl sites for hydroxylation is 3. The van der Waals surface area contributed by atoms with E-state index in [0.29, 0.717) is 55.9 Å². The fourth-order valence-electron chi connectivity index (χ4n) is 7.42. The molecule has 0 spiro atoms. The monoisotopic (exact) mass is 771 g/mol. The van der Waals surface area contributed by atoms with Crippen LogP contribution in [0.4, 0.5) is 0 Å². The van der Waals surface area contributed by atoms with Gasteiger partial charge in [-0.05, 0) is 131 Å². The number of para-hydroxylation sites is 1. The van der Waals surface area contributed by atoms with Crippen molar-refractivity contribution in [1.29, 1.82) is 0 Å². The molecular formula is C54H53N3O. The van der Waals surface area contributed by atoms with Gasteiger partial charge in [-0.1, -0.05) is 131 Å². The maximum atomic E-state index is 11.8. The molecule has 2 aromatic heterocycles. The summed E-state index contributed by atoms with van der Waals surface area (Å²) in [5.74, 6) is 0.441. The first kappa shape index (κ1) is 26.6. The lowest BCUT2D eigenvalue weighted by Crippen LogP contribution is -2.11. The van der Waals surface area contributed by atoms with Gasteiger partial charge >= 0.3 is 0 Å². The van der Waals surface area contributed by atoms with E-state index in [4.69, 9.17) is 20.1 Å². The number of fused-ring (bicyclic) bond motifs is 1. The first-order valence-electron chi connectivity index (χ1n) is 25.3. The highest BCUT2D eigenvalue weighted by molar-refractivity contribution is 5.98. The molecule has 0 saturated carbocycles. The van der Waals surface area contributed by atoms with Crippen LogP contribution in [0.2, 0.25) is 0 Å². The average molecular weight is 772 g/mol. The Morgan fingerprint density at radius 2 is 1.31 bits per heavy atom. The quantitative estimate of drug-likeness (QED) is 0.183. The Balaban J connectivity index is 1.43. The number of pyridine rings is 1. The molecular weight excluding hydrogens is 707 g/mol. The van der Waals surface area contributed by atoms with Gasteiger partial charge in [-0.3, -0.25) is 9.55 Å². The van der Waals surface area contributed by atoms with Gasteiger partial charge in [0, 0.05) is 31.1 Å². The second kappa shape index (κ2) is 14.6. The van der Waals surface area contributed by atoms with Gasteiger partial charge in [0.2, 0.25) is 0 Å². The van der Waals surface area contributed by atoms with Crippen LogP contribution in [0.1, 0.15) is 91.4 Å². The Labute approximate surface area is 360 Å². The maximum Gasteiger partial charge on any atom is 0.149 e. The van der Waals surface area contributed by atoms with Gasteiger partial charge < -0.3 is 5.11 Å². The molecule has 6 aromatic carbocycles. The average Bonchev–Trinajstić information content (AvgIpc) is 3.66. The molecule has 0 unspecified atom stereocenters. The molecule has 58 heavy (non-hydrogen) atoms. The van der Waals surface area contributed by atoms with Crippen molar-refractivity contribution in [2.75, 3.05) is 0 Å². The molecule has 0 fully saturated rings. The van der Waals surface area contributed by atoms with E-state index in [1.165, 1.54) is 6.20 Å². The van der Waals surface area contributed by atoms with Crippen LogP contribution in [0.5, 0.6) is 5.75 Å². The van der Waals surface area contributed by atoms with E-state index in [0.717, 1.165) is 22.3 Å². The number of phenolic OH excluding ortho intramolecular Hbond substituents is 1. The number of benzene rings is 6. The summed E-state index contributed by atoms with van der Waals surface area (Å²) in [6.07, 6.45) is 1.19. The van der Waals surface area contributed by atoms with Crippen LogP contribution in [0.15, 0.2) is 133 Å². The molecule has 0 radical (unpaired) electrons. The molecule has 1 N–H and O–H groups in total. The van der Waals surface area contributed by atoms with Crippen LogP contribution in [0.3, 0.4) is 0 Å². The molecule has 4 heteroatoms. The van der Waals surface area contributed by atoms with Crippen LogP contribution in [0, 0.1) is 27.6 Å². The van der Waals surface area contributed by atoms with E-state index in [2.05, 4.69) is 25.8 Å². The van der Waals surface area contributed by atoms with Gasteiger partial charge in [0.05, 0.1) is 36.2 Å². The summed E-state index contributed by atoms with van der Waals surface area (Å²) in [6.45, 7) is 10.9. The van der Waals surface area contributed by atoms with Crippen LogP contribution in [0.25, 0.3) is 72.7 Å². The number of aromatic nitrogens is 3. The van der Waals surface area contributed by atoms with E-state index >= 15 is 0 Å². The summed E-state index contributed by atoms with van der Waals surface area (Å²) in [6, 6.07) is 24.8. The van der Waals surface area contributed by atoms with Crippen molar-refractivity contribution in [3.05, 3.63) is 167 Å². The number of rotatable bonds is 6. The molecule has 0 aliphatic rings. The number of aromatic hydroxyl groups is 1. The minimum atomic E-state index is -2.94. The Hall–Kier alpha value is -6.26. The summed E-state index contributed by atoms with van der Waals surface area (Å²) in [5, 5.41) is 11.8. The SMILES string of the molecule is [2H]c1cnc(-c2cc(-c3cccc4c3nc(-c3cc(C)cc(C)c3O)n4-c3ccc(C([2H])([2H])[2H])cc3-c3ccc(C(C)(C)C)cc3)cc(C(C)(C)C)c2)c([2H])c1-c1c([2H])c([2H])c(C([2H])([2H])[2H])c([2H])c1[2H]. The zero-order valence-corrected chi connectivity index (χ0v) is 34.0. The molecule has 290 valence electrons. The largest absolute Gasteiger partial charge is 0.507 e. The van der Waals surface area contributed by atoms with Crippen molar-refractivity contribution in [3.8, 4) is 67.5 Å². The summed E-state index contributed by atoms with van der Waals surface area (Å²) in [4.78, 5) is 9.92. The van der Waals surface area contributed by atoms with Crippen molar-refractivity contribution in [2.45, 2.75) is 79.9 Å². The zero-order valence-electron chi connectivity index (χ0n) is 46.0. The highest BCUT2D eigenvalue weighted by Gasteiger charge is 2.25. The van der Waals surface area contributed by atoms with Crippen LogP contribution in [-0.2, 0) is 10.8 Å². The third-order valence-electron chi connectivity index (χ3n) is 10.6. The molecule has 0 saturated heterocycles. The molecule has 2 heterocycles. The molecule has 0 aliphatic heterocycles. The highest BCUT2D eigenvalue weighted by atomic mass is 16.3. The van der Waals surface area contributed by atoms with Gasteiger partial charge in [0.15, 0.2) is 0 Å². The Morgan fingerprint density at radius 1 is 0.603 bits per heavy atom. The molecule has 0 atom stereocenters. The topological polar surface area (TPSA) is 50.9 Å². The van der Waals surface area contributed by atoms with Crippen molar-refractivity contribution in [1.82, 2.24) is 14.5 Å². The Kier molecular flexibility index (Phi) is 6.70. The van der Waals surface area contributed by atoms with Gasteiger partial charge in [0.25, 0.3) is 0 Å². The highest BCUT2D eigenvalue weighted by Crippen LogP contribution is 2.43. The third kappa shape index (κ3) is 7.36. The first-order valence-corrected chi connectivity index (χ1v) is 19.3. The molecule has 0 bridgehead atoms. The Morgan fingerprint density at radius 3 is 2.02 bits per heavy atom. The van der Waals surface area contributed by atoms with Crippen molar-refractivity contribution < 1.29 is 21.6 Å². The van der Waals surface area contributed by atoms with Crippen LogP contribution >= 0.6 is 0 Å². The van der Waals surface area contributed by atoms with E-state index in [1.54, 1.807) is 18.2 Å². The molecule has 0 aliphatic carbocycles. The number of imidazole rings is 1. The number of phenols is 1. The van der Waals surface area contributed by atoms with Gasteiger partial charge in [-0.25, -0.2) is 4.98 Å². The molecule has 8 aromatic rings. The van der Waals surface area contributed by atoms with Crippen molar-refractivity contribution in [2.24, 2.45) is 0 Å². The maximum absolute atomic E-state index is 11.8. The van der Waals surface area contributed by atoms with E-state index in [-0.39, 0.29) is 45.6 Å². The number of hydrogen-bond acceptors (Lipinski definition) is 3. The van der Waals surface area contributed by atoms with E-state index in [9.17, 15) is 6.48 Å². The van der Waals surface area contributed by atoms with E-state index in [1.807, 2.05) is 112 Å². The minimum Gasteiger partial charge on any atom is -0.507 e. The van der Waals surface area contributed by atoms with Crippen molar-refractivity contribution in [3.63, 3.8) is 0 Å². The lowest BCUT2D eigenvalue weighted by Gasteiger charge is -2.22. The van der Waals surface area contributed by atoms with Gasteiger partial charge in [-0.15, -0.1) is 0 Å². The number of nitrogens with zero attached hydrogens (tertiary/aromatic N) is 3. The van der Waals surface area contributed by atoms with E-state index < -0.39 is 48.9 Å². The second-order valence-electron chi connectivity index (χ2n) is 17.0. The summed E-state index contributed by atoms with van der Waals surface area (Å²) in [7, 11) is 0. The first-order chi connectivity index (χ1) is 32.5. The standard InChI is InChI=1S/C54H53N3O/c1-33-14-17-37(18-15-33)39-24-25-55-47(32-39)41-29-40(30-43(31-41)54(8,9)10)44-12-11-13-49-50(44)56-52(46-28-35(3)26-36(4)51(46)58)57(49)48-23-16-34(2)27-45(48)38-19-21-42(22-20-38)53(5,6)7/h11-32,58H,1-10H3/i1D3,2D3,14D,15D,17D,18D,24D,32D. The van der Waals surface area contributed by atoms with Crippen LogP contribution in [-0.4, -0.2) is 19.6 Å². The zero-order chi connectivity index (χ0) is 51.3. The predicted molar refractivity (Wildman–Crippen MR) is 244 cm³/mol. The molecule has 4 nitrogen and oxygen atoms in total. The normalized spacial score (nSPS) is 15.4. The van der Waals surface area contributed by atoms with Crippen molar-refractivity contribution >= 4 is 11.0 Å². The molecule has 8 rings (SSSR count). The number of hydrogen-bond donors (Lipinski definition) is 1. The Bertz CT molecular complexity index is 3380. The summed E-state index contributed by atoms with van der Waals surface area (Å²) in [5.41, 5.74) is 7.28. The summed E-state index contributed by atoms with van der Waals surface area (Å²) < 4.78 is 104. The van der Waals surface area contributed by atoms with Gasteiger partial charge in [0.1, 0.15) is 11.6 Å². The second-order valence-corrected chi connectivity index (χ2v) is 17.0. The fraction of sp³-hybridized carbons (Fsp3) is 0.222. The lowest BCUT2D eigenvalue weighted by molar-refractivity contribution is 0.472. The predicted octanol–water partition coefficient (Wildman–Crippen LogP) is 14.3. The smallest absolute Gasteiger partial charge is 0.149 e. The molecule has 0 amide bonds. The third-order valence-corrected chi connectivity index (χ3v) is 10.6. The van der Waals surface area contributed by atoms with Crippen LogP contribution < -0.4 is 0 Å². The van der Waals surface area contributed by atoms with Gasteiger partial charge in [-0.2, -0.15) is 0 Å². The minimum absolute atomic E-state index is 0.0356. The fourth-order valence-corrected chi connectivity index (χ4v) is 7.42.